The molecule has 1 atom stereocenters. The van der Waals surface area contributed by atoms with Crippen molar-refractivity contribution in [2.45, 2.75) is 38.6 Å². The van der Waals surface area contributed by atoms with Crippen molar-refractivity contribution >= 4 is 39.8 Å². The summed E-state index contributed by atoms with van der Waals surface area (Å²) >= 11 is 1.60. The second-order valence-electron chi connectivity index (χ2n) is 7.05. The van der Waals surface area contributed by atoms with Crippen molar-refractivity contribution in [2.24, 2.45) is 5.10 Å². The normalized spacial score (nSPS) is 15.1. The Labute approximate surface area is 172 Å². The second kappa shape index (κ2) is 8.53. The Hall–Kier alpha value is -3.06. The van der Waals surface area contributed by atoms with Crippen LogP contribution >= 0.6 is 11.3 Å². The molecule has 0 fully saturated rings. The maximum atomic E-state index is 13.0. The van der Waals surface area contributed by atoms with Gasteiger partial charge in [-0.3, -0.25) is 14.2 Å². The van der Waals surface area contributed by atoms with Crippen LogP contribution < -0.4 is 11.0 Å². The highest BCUT2D eigenvalue weighted by Crippen LogP contribution is 2.33. The van der Waals surface area contributed by atoms with E-state index in [2.05, 4.69) is 15.5 Å². The highest BCUT2D eigenvalue weighted by atomic mass is 32.1. The molecule has 2 heterocycles. The monoisotopic (exact) mass is 406 g/mol. The van der Waals surface area contributed by atoms with E-state index in [9.17, 15) is 9.59 Å². The number of nitrogens with zero attached hydrogens (tertiary/aromatic N) is 3. The molecule has 3 aromatic rings. The van der Waals surface area contributed by atoms with E-state index < -0.39 is 6.04 Å². The van der Waals surface area contributed by atoms with E-state index in [1.165, 1.54) is 22.0 Å². The van der Waals surface area contributed by atoms with Crippen LogP contribution in [-0.4, -0.2) is 21.7 Å². The number of thiophene rings is 1. The molecule has 1 amide bonds. The van der Waals surface area contributed by atoms with Gasteiger partial charge in [-0.1, -0.05) is 36.4 Å². The number of aryl methyl sites for hydroxylation is 2. The van der Waals surface area contributed by atoms with Crippen LogP contribution in [0.1, 0.15) is 41.8 Å². The first-order valence-corrected chi connectivity index (χ1v) is 10.5. The molecule has 0 bridgehead atoms. The molecule has 0 saturated heterocycles. The fraction of sp³-hybridized carbons (Fsp3) is 0.273. The van der Waals surface area contributed by atoms with Gasteiger partial charge in [0.1, 0.15) is 10.9 Å². The van der Waals surface area contributed by atoms with Crippen molar-refractivity contribution in [3.05, 3.63) is 69.1 Å². The van der Waals surface area contributed by atoms with Gasteiger partial charge >= 0.3 is 0 Å². The molecule has 1 aliphatic rings. The molecule has 0 spiro atoms. The predicted molar refractivity (Wildman–Crippen MR) is 117 cm³/mol. The van der Waals surface area contributed by atoms with Crippen molar-refractivity contribution in [1.29, 1.82) is 0 Å². The standard InChI is InChI=1S/C22H22N4O2S/c1-15(20(27)25-24-13-7-10-16-8-3-2-4-9-16)26-14-23-21-19(22(26)28)17-11-5-6-12-18(17)29-21/h2-4,7-10,13-15H,5-6,11-12H2,1H3,(H,25,27). The Morgan fingerprint density at radius 3 is 2.90 bits per heavy atom. The third kappa shape index (κ3) is 4.05. The average molecular weight is 407 g/mol. The number of rotatable bonds is 5. The molecule has 0 saturated carbocycles. The van der Waals surface area contributed by atoms with Crippen LogP contribution in [0.4, 0.5) is 0 Å². The summed E-state index contributed by atoms with van der Waals surface area (Å²) < 4.78 is 1.40. The molecular weight excluding hydrogens is 384 g/mol. The number of aromatic nitrogens is 2. The van der Waals surface area contributed by atoms with Crippen molar-refractivity contribution < 1.29 is 4.79 Å². The SMILES string of the molecule is CC(C(=O)NN=CC=Cc1ccccc1)n1cnc2sc3c(c2c1=O)CCCC3. The number of fused-ring (bicyclic) bond motifs is 3. The second-order valence-corrected chi connectivity index (χ2v) is 8.13. The molecule has 7 heteroatoms. The number of hydrogen-bond acceptors (Lipinski definition) is 5. The minimum atomic E-state index is -0.700. The Bertz CT molecular complexity index is 1140. The summed E-state index contributed by atoms with van der Waals surface area (Å²) in [5.41, 5.74) is 4.51. The van der Waals surface area contributed by atoms with Gasteiger partial charge in [-0.25, -0.2) is 10.4 Å². The lowest BCUT2D eigenvalue weighted by molar-refractivity contribution is -0.123. The van der Waals surface area contributed by atoms with Crippen molar-refractivity contribution in [1.82, 2.24) is 15.0 Å². The van der Waals surface area contributed by atoms with Gasteiger partial charge in [0.25, 0.3) is 11.5 Å². The molecular formula is C22H22N4O2S. The third-order valence-corrected chi connectivity index (χ3v) is 6.32. The third-order valence-electron chi connectivity index (χ3n) is 5.12. The van der Waals surface area contributed by atoms with Gasteiger partial charge in [-0.2, -0.15) is 5.10 Å². The van der Waals surface area contributed by atoms with E-state index in [-0.39, 0.29) is 11.5 Å². The van der Waals surface area contributed by atoms with E-state index in [1.54, 1.807) is 24.3 Å². The number of nitrogens with one attached hydrogen (secondary N) is 1. The quantitative estimate of drug-likeness (QED) is 0.518. The van der Waals surface area contributed by atoms with Crippen LogP contribution in [0.5, 0.6) is 0 Å². The predicted octanol–water partition coefficient (Wildman–Crippen LogP) is 3.71. The highest BCUT2D eigenvalue weighted by Gasteiger charge is 2.23. The van der Waals surface area contributed by atoms with Crippen LogP contribution in [-0.2, 0) is 17.6 Å². The fourth-order valence-corrected chi connectivity index (χ4v) is 4.74. The molecule has 1 aliphatic carbocycles. The molecule has 0 radical (unpaired) electrons. The molecule has 6 nitrogen and oxygen atoms in total. The molecule has 1 N–H and O–H groups in total. The topological polar surface area (TPSA) is 76.3 Å². The minimum Gasteiger partial charge on any atom is -0.286 e. The van der Waals surface area contributed by atoms with Gasteiger partial charge in [0.05, 0.1) is 11.7 Å². The molecule has 1 unspecified atom stereocenters. The average Bonchev–Trinajstić information content (AvgIpc) is 3.13. The van der Waals surface area contributed by atoms with Crippen LogP contribution in [0.25, 0.3) is 16.3 Å². The fourth-order valence-electron chi connectivity index (χ4n) is 3.52. The Balaban J connectivity index is 1.48. The largest absolute Gasteiger partial charge is 0.286 e. The van der Waals surface area contributed by atoms with Crippen LogP contribution in [0.15, 0.2) is 52.6 Å². The molecule has 4 rings (SSSR count). The lowest BCUT2D eigenvalue weighted by atomic mass is 9.97. The summed E-state index contributed by atoms with van der Waals surface area (Å²) in [4.78, 5) is 32.0. The van der Waals surface area contributed by atoms with Gasteiger partial charge in [0.2, 0.25) is 0 Å². The first kappa shape index (κ1) is 19.3. The first-order chi connectivity index (χ1) is 14.1. The van der Waals surface area contributed by atoms with Gasteiger partial charge in [0, 0.05) is 11.1 Å². The smallest absolute Gasteiger partial charge is 0.263 e. The maximum Gasteiger partial charge on any atom is 0.263 e. The number of allylic oxidation sites excluding steroid dienone is 1. The summed E-state index contributed by atoms with van der Waals surface area (Å²) in [6.07, 6.45) is 10.8. The van der Waals surface area contributed by atoms with Crippen molar-refractivity contribution in [3.63, 3.8) is 0 Å². The van der Waals surface area contributed by atoms with Gasteiger partial charge < -0.3 is 0 Å². The van der Waals surface area contributed by atoms with Gasteiger partial charge in [0.15, 0.2) is 0 Å². The summed E-state index contributed by atoms with van der Waals surface area (Å²) in [7, 11) is 0. The van der Waals surface area contributed by atoms with Crippen LogP contribution in [0.2, 0.25) is 0 Å². The summed E-state index contributed by atoms with van der Waals surface area (Å²) in [6, 6.07) is 9.11. The number of hydrazone groups is 1. The van der Waals surface area contributed by atoms with E-state index in [0.29, 0.717) is 5.39 Å². The molecule has 2 aromatic heterocycles. The van der Waals surface area contributed by atoms with Crippen molar-refractivity contribution in [2.75, 3.05) is 0 Å². The van der Waals surface area contributed by atoms with Gasteiger partial charge in [-0.15, -0.1) is 11.3 Å². The molecule has 1 aromatic carbocycles. The lowest BCUT2D eigenvalue weighted by Gasteiger charge is -2.14. The maximum absolute atomic E-state index is 13.0. The zero-order valence-corrected chi connectivity index (χ0v) is 17.0. The minimum absolute atomic E-state index is 0.148. The number of benzene rings is 1. The number of carbonyl (C=O) groups is 1. The van der Waals surface area contributed by atoms with E-state index in [1.807, 2.05) is 36.4 Å². The zero-order valence-electron chi connectivity index (χ0n) is 16.2. The Morgan fingerprint density at radius 2 is 2.07 bits per heavy atom. The van der Waals surface area contributed by atoms with Gasteiger partial charge in [-0.05, 0) is 49.8 Å². The Kier molecular flexibility index (Phi) is 5.67. The number of carbonyl (C=O) groups excluding carboxylic acids is 1. The molecule has 148 valence electrons. The Morgan fingerprint density at radius 1 is 1.28 bits per heavy atom. The summed E-state index contributed by atoms with van der Waals surface area (Å²) in [6.45, 7) is 1.68. The zero-order chi connectivity index (χ0) is 20.2. The summed E-state index contributed by atoms with van der Waals surface area (Å²) in [5, 5.41) is 4.62. The van der Waals surface area contributed by atoms with Crippen LogP contribution in [0, 0.1) is 0 Å². The van der Waals surface area contributed by atoms with Crippen molar-refractivity contribution in [3.8, 4) is 0 Å². The number of amides is 1. The van der Waals surface area contributed by atoms with E-state index in [4.69, 9.17) is 0 Å². The lowest BCUT2D eigenvalue weighted by Crippen LogP contribution is -2.34. The highest BCUT2D eigenvalue weighted by molar-refractivity contribution is 7.18. The summed E-state index contributed by atoms with van der Waals surface area (Å²) in [5.74, 6) is -0.360. The van der Waals surface area contributed by atoms with Crippen LogP contribution in [0.3, 0.4) is 0 Å². The van der Waals surface area contributed by atoms with E-state index in [0.717, 1.165) is 41.6 Å². The molecule has 29 heavy (non-hydrogen) atoms. The first-order valence-electron chi connectivity index (χ1n) is 9.71. The number of hydrogen-bond donors (Lipinski definition) is 1. The molecule has 0 aliphatic heterocycles. The van der Waals surface area contributed by atoms with E-state index >= 15 is 0 Å².